The smallest absolute Gasteiger partial charge is 0.264 e. The number of nitrogens with two attached hydrogens (primary N) is 1. The number of amides is 2. The van der Waals surface area contributed by atoms with Gasteiger partial charge in [0.15, 0.2) is 0 Å². The van der Waals surface area contributed by atoms with Gasteiger partial charge in [-0.05, 0) is 50.7 Å². The van der Waals surface area contributed by atoms with E-state index in [0.29, 0.717) is 24.8 Å². The van der Waals surface area contributed by atoms with E-state index in [4.69, 9.17) is 5.73 Å². The SMILES string of the molecule is C[C@@H]1CN(c2cc(F)c(-c3ccc(F)c(C(N)=O)c3)cc2NC(=O)c2cn(C)c(=O)cc2C(F)F)C[C@H](C)N1C. The maximum Gasteiger partial charge on any atom is 0.264 e. The van der Waals surface area contributed by atoms with E-state index in [9.17, 15) is 27.6 Å². The van der Waals surface area contributed by atoms with Crippen molar-refractivity contribution in [2.24, 2.45) is 12.8 Å². The number of benzene rings is 2. The fourth-order valence-electron chi connectivity index (χ4n) is 4.83. The third kappa shape index (κ3) is 5.57. The standard InChI is InChI=1S/C28H29F4N5O3/c1-14-11-37(12-15(2)36(14)4)24-10-22(30)17(16-5-6-21(29)19(7-16)27(33)39)8-23(24)34-28(40)20-13-35(3)25(38)9-18(20)26(31)32/h5-10,13-15,26H,11-12H2,1-4H3,(H2,33,39)(H,34,40)/t14-,15+. The Kier molecular flexibility index (Phi) is 8.01. The van der Waals surface area contributed by atoms with Crippen molar-refractivity contribution in [3.63, 3.8) is 0 Å². The summed E-state index contributed by atoms with van der Waals surface area (Å²) in [6.07, 6.45) is -2.08. The van der Waals surface area contributed by atoms with Crippen molar-refractivity contribution in [3.8, 4) is 11.1 Å². The third-order valence-electron chi connectivity index (χ3n) is 7.32. The Bertz CT molecular complexity index is 1530. The van der Waals surface area contributed by atoms with Crippen LogP contribution in [0.25, 0.3) is 11.1 Å². The lowest BCUT2D eigenvalue weighted by atomic mass is 9.99. The summed E-state index contributed by atoms with van der Waals surface area (Å²) in [5.41, 5.74) is 3.38. The second-order valence-electron chi connectivity index (χ2n) is 10.0. The van der Waals surface area contributed by atoms with Crippen LogP contribution in [0.4, 0.5) is 28.9 Å². The zero-order valence-electron chi connectivity index (χ0n) is 22.3. The van der Waals surface area contributed by atoms with E-state index in [-0.39, 0.29) is 28.9 Å². The Morgan fingerprint density at radius 3 is 2.23 bits per heavy atom. The van der Waals surface area contributed by atoms with Gasteiger partial charge in [-0.25, -0.2) is 17.6 Å². The number of likely N-dealkylation sites (N-methyl/N-ethyl adjacent to an activating group) is 1. The minimum Gasteiger partial charge on any atom is -0.367 e. The maximum atomic E-state index is 15.6. The van der Waals surface area contributed by atoms with Crippen LogP contribution in [-0.2, 0) is 7.05 Å². The van der Waals surface area contributed by atoms with Crippen molar-refractivity contribution in [3.05, 3.63) is 81.3 Å². The van der Waals surface area contributed by atoms with Crippen LogP contribution in [0.3, 0.4) is 0 Å². The van der Waals surface area contributed by atoms with Crippen LogP contribution in [0.1, 0.15) is 46.6 Å². The third-order valence-corrected chi connectivity index (χ3v) is 7.32. The minimum absolute atomic E-state index is 0.0688. The highest BCUT2D eigenvalue weighted by Crippen LogP contribution is 2.37. The van der Waals surface area contributed by atoms with Crippen LogP contribution >= 0.6 is 0 Å². The molecule has 4 rings (SSSR count). The van der Waals surface area contributed by atoms with Crippen molar-refractivity contribution in [1.29, 1.82) is 0 Å². The number of rotatable bonds is 6. The molecule has 2 atom stereocenters. The Hall–Kier alpha value is -4.19. The molecule has 1 aromatic heterocycles. The number of anilines is 2. The van der Waals surface area contributed by atoms with E-state index in [1.165, 1.54) is 25.2 Å². The predicted molar refractivity (Wildman–Crippen MR) is 144 cm³/mol. The van der Waals surface area contributed by atoms with E-state index in [1.54, 1.807) is 0 Å². The zero-order valence-corrected chi connectivity index (χ0v) is 22.3. The molecule has 1 fully saturated rings. The lowest BCUT2D eigenvalue weighted by molar-refractivity contribution is 0.0992. The summed E-state index contributed by atoms with van der Waals surface area (Å²) < 4.78 is 58.2. The average molecular weight is 560 g/mol. The van der Waals surface area contributed by atoms with E-state index >= 15 is 4.39 Å². The molecule has 1 aliphatic heterocycles. The highest BCUT2D eigenvalue weighted by Gasteiger charge is 2.30. The second-order valence-corrected chi connectivity index (χ2v) is 10.0. The summed E-state index contributed by atoms with van der Waals surface area (Å²) in [6.45, 7) is 4.95. The number of pyridine rings is 1. The highest BCUT2D eigenvalue weighted by molar-refractivity contribution is 6.07. The molecule has 3 aromatic rings. The molecule has 2 aromatic carbocycles. The van der Waals surface area contributed by atoms with Gasteiger partial charge < -0.3 is 20.5 Å². The van der Waals surface area contributed by atoms with Gasteiger partial charge in [0.05, 0.1) is 22.5 Å². The summed E-state index contributed by atoms with van der Waals surface area (Å²) in [7, 11) is 3.29. The molecule has 0 radical (unpaired) electrons. The summed E-state index contributed by atoms with van der Waals surface area (Å²) in [6, 6.07) is 6.68. The van der Waals surface area contributed by atoms with Crippen molar-refractivity contribution in [2.75, 3.05) is 30.4 Å². The van der Waals surface area contributed by atoms with Crippen LogP contribution < -0.4 is 21.5 Å². The second kappa shape index (κ2) is 11.1. The lowest BCUT2D eigenvalue weighted by Gasteiger charge is -2.44. The van der Waals surface area contributed by atoms with Gasteiger partial charge in [0.1, 0.15) is 11.6 Å². The summed E-state index contributed by atoms with van der Waals surface area (Å²) in [4.78, 5) is 41.0. The Morgan fingerprint density at radius 2 is 1.62 bits per heavy atom. The molecule has 3 N–H and O–H groups in total. The molecule has 8 nitrogen and oxygen atoms in total. The molecule has 2 amide bonds. The van der Waals surface area contributed by atoms with Gasteiger partial charge in [0.2, 0.25) is 0 Å². The average Bonchev–Trinajstić information content (AvgIpc) is 2.89. The number of hydrogen-bond acceptors (Lipinski definition) is 5. The number of carbonyl (C=O) groups excluding carboxylic acids is 2. The number of nitrogens with one attached hydrogen (secondary N) is 1. The largest absolute Gasteiger partial charge is 0.367 e. The van der Waals surface area contributed by atoms with Crippen molar-refractivity contribution < 1.29 is 27.2 Å². The number of aryl methyl sites for hydroxylation is 1. The first-order valence-electron chi connectivity index (χ1n) is 12.5. The number of nitrogens with zero attached hydrogens (tertiary/aromatic N) is 3. The molecule has 40 heavy (non-hydrogen) atoms. The molecular formula is C28H29F4N5O3. The number of hydrogen-bond donors (Lipinski definition) is 2. The topological polar surface area (TPSA) is 101 Å². The highest BCUT2D eigenvalue weighted by atomic mass is 19.3. The van der Waals surface area contributed by atoms with Crippen LogP contribution in [0.15, 0.2) is 47.4 Å². The maximum absolute atomic E-state index is 15.6. The molecule has 212 valence electrons. The van der Waals surface area contributed by atoms with Gasteiger partial charge in [-0.15, -0.1) is 0 Å². The molecule has 1 saturated heterocycles. The molecule has 0 aliphatic carbocycles. The molecule has 12 heteroatoms. The van der Waals surface area contributed by atoms with Crippen LogP contribution in [0, 0.1) is 11.6 Å². The monoisotopic (exact) mass is 559 g/mol. The van der Waals surface area contributed by atoms with Gasteiger partial charge in [0.25, 0.3) is 23.8 Å². The summed E-state index contributed by atoms with van der Waals surface area (Å²) >= 11 is 0. The first kappa shape index (κ1) is 28.8. The summed E-state index contributed by atoms with van der Waals surface area (Å²) in [5, 5.41) is 2.62. The molecule has 0 saturated carbocycles. The fraction of sp³-hybridized carbons (Fsp3) is 0.321. The molecule has 0 bridgehead atoms. The molecule has 0 spiro atoms. The molecule has 2 heterocycles. The van der Waals surface area contributed by atoms with Crippen molar-refractivity contribution in [1.82, 2.24) is 9.47 Å². The fourth-order valence-corrected chi connectivity index (χ4v) is 4.83. The van der Waals surface area contributed by atoms with E-state index < -0.39 is 52.1 Å². The van der Waals surface area contributed by atoms with Crippen molar-refractivity contribution in [2.45, 2.75) is 32.4 Å². The van der Waals surface area contributed by atoms with Gasteiger partial charge >= 0.3 is 0 Å². The van der Waals surface area contributed by atoms with Gasteiger partial charge in [-0.3, -0.25) is 19.3 Å². The number of halogens is 4. The lowest BCUT2D eigenvalue weighted by Crippen LogP contribution is -2.55. The normalized spacial score (nSPS) is 17.8. The Morgan fingerprint density at radius 1 is 0.975 bits per heavy atom. The van der Waals surface area contributed by atoms with Gasteiger partial charge in [-0.1, -0.05) is 6.07 Å². The van der Waals surface area contributed by atoms with E-state index in [2.05, 4.69) is 10.2 Å². The quantitative estimate of drug-likeness (QED) is 0.442. The van der Waals surface area contributed by atoms with Gasteiger partial charge in [-0.2, -0.15) is 0 Å². The van der Waals surface area contributed by atoms with Crippen LogP contribution in [0.2, 0.25) is 0 Å². The van der Waals surface area contributed by atoms with E-state index in [1.807, 2.05) is 25.8 Å². The summed E-state index contributed by atoms with van der Waals surface area (Å²) in [5.74, 6) is -3.57. The molecule has 0 unspecified atom stereocenters. The number of aromatic nitrogens is 1. The first-order valence-corrected chi connectivity index (χ1v) is 12.5. The number of primary amides is 1. The molecule has 1 aliphatic rings. The minimum atomic E-state index is -3.09. The number of alkyl halides is 2. The number of carbonyl (C=O) groups is 2. The molecular weight excluding hydrogens is 530 g/mol. The first-order chi connectivity index (χ1) is 18.8. The van der Waals surface area contributed by atoms with E-state index in [0.717, 1.165) is 22.9 Å². The van der Waals surface area contributed by atoms with Crippen molar-refractivity contribution >= 4 is 23.2 Å². The van der Waals surface area contributed by atoms with Gasteiger partial charge in [0, 0.05) is 55.6 Å². The Labute approximate surface area is 228 Å². The van der Waals surface area contributed by atoms with Crippen LogP contribution in [0.5, 0.6) is 0 Å². The van der Waals surface area contributed by atoms with Crippen LogP contribution in [-0.4, -0.2) is 53.5 Å². The zero-order chi connectivity index (χ0) is 29.5. The Balaban J connectivity index is 1.86. The predicted octanol–water partition coefficient (Wildman–Crippen LogP) is 4.15. The number of piperazine rings is 1.